The number of unbranched alkanes of at least 4 members (excludes halogenated alkanes) is 2. The Kier molecular flexibility index (Phi) is 6.32. The zero-order valence-corrected chi connectivity index (χ0v) is 10.9. The summed E-state index contributed by atoms with van der Waals surface area (Å²) >= 11 is 0. The highest BCUT2D eigenvalue weighted by atomic mass is 14.7. The fraction of sp³-hybridized carbons (Fsp3) is 0.600. The normalized spacial score (nSPS) is 10.5. The van der Waals surface area contributed by atoms with Crippen molar-refractivity contribution in [2.45, 2.75) is 58.3 Å². The molecular formula is C15H22N2. The summed E-state index contributed by atoms with van der Waals surface area (Å²) in [6, 6.07) is 6.14. The number of nitrogens with zero attached hydrogens (tertiary/aromatic N) is 2. The number of aromatic nitrogens is 1. The average molecular weight is 230 g/mol. The van der Waals surface area contributed by atoms with Crippen molar-refractivity contribution >= 4 is 0 Å². The van der Waals surface area contributed by atoms with Crippen LogP contribution < -0.4 is 0 Å². The molecule has 0 aliphatic heterocycles. The van der Waals surface area contributed by atoms with Crippen molar-refractivity contribution in [3.8, 4) is 6.07 Å². The summed E-state index contributed by atoms with van der Waals surface area (Å²) in [6.07, 6.45) is 9.21. The molecule has 0 fully saturated rings. The van der Waals surface area contributed by atoms with E-state index in [4.69, 9.17) is 5.26 Å². The molecule has 0 aromatic carbocycles. The van der Waals surface area contributed by atoms with Crippen molar-refractivity contribution in [3.63, 3.8) is 0 Å². The molecule has 1 aromatic heterocycles. The quantitative estimate of drug-likeness (QED) is 0.695. The lowest BCUT2D eigenvalue weighted by atomic mass is 9.89. The smallest absolute Gasteiger partial charge is 0.140 e. The first-order valence-corrected chi connectivity index (χ1v) is 6.67. The molecule has 0 saturated heterocycles. The first-order chi connectivity index (χ1) is 8.31. The molecule has 0 bridgehead atoms. The highest BCUT2D eigenvalue weighted by molar-refractivity contribution is 5.27. The SMILES string of the molecule is CCCCC(CCCC)c1ccnc(C#N)c1. The lowest BCUT2D eigenvalue weighted by Crippen LogP contribution is -2.00. The maximum Gasteiger partial charge on any atom is 0.140 e. The zero-order chi connectivity index (χ0) is 12.5. The Morgan fingerprint density at radius 2 is 1.88 bits per heavy atom. The van der Waals surface area contributed by atoms with Crippen LogP contribution in [0.3, 0.4) is 0 Å². The van der Waals surface area contributed by atoms with Crippen LogP contribution in [0, 0.1) is 11.3 Å². The van der Waals surface area contributed by atoms with Gasteiger partial charge in [-0.15, -0.1) is 0 Å². The van der Waals surface area contributed by atoms with Gasteiger partial charge in [0.1, 0.15) is 11.8 Å². The Labute approximate surface area is 105 Å². The number of rotatable bonds is 7. The van der Waals surface area contributed by atoms with E-state index < -0.39 is 0 Å². The van der Waals surface area contributed by atoms with Crippen molar-refractivity contribution in [2.24, 2.45) is 0 Å². The summed E-state index contributed by atoms with van der Waals surface area (Å²) in [5.41, 5.74) is 1.83. The Bertz CT molecular complexity index is 357. The van der Waals surface area contributed by atoms with Crippen LogP contribution in [-0.4, -0.2) is 4.98 Å². The molecule has 0 radical (unpaired) electrons. The third-order valence-electron chi connectivity index (χ3n) is 3.18. The van der Waals surface area contributed by atoms with E-state index in [-0.39, 0.29) is 0 Å². The van der Waals surface area contributed by atoms with Crippen LogP contribution in [0.5, 0.6) is 0 Å². The van der Waals surface area contributed by atoms with Gasteiger partial charge in [-0.3, -0.25) is 0 Å². The number of nitriles is 1. The van der Waals surface area contributed by atoms with E-state index in [1.807, 2.05) is 6.07 Å². The summed E-state index contributed by atoms with van der Waals surface area (Å²) in [7, 11) is 0. The minimum Gasteiger partial charge on any atom is -0.246 e. The van der Waals surface area contributed by atoms with E-state index in [1.165, 1.54) is 44.1 Å². The molecule has 0 saturated carbocycles. The van der Waals surface area contributed by atoms with Gasteiger partial charge in [0.25, 0.3) is 0 Å². The molecule has 0 aliphatic rings. The molecule has 0 N–H and O–H groups in total. The fourth-order valence-corrected chi connectivity index (χ4v) is 2.14. The first kappa shape index (κ1) is 13.7. The molecule has 92 valence electrons. The molecule has 2 heteroatoms. The van der Waals surface area contributed by atoms with E-state index in [9.17, 15) is 0 Å². The van der Waals surface area contributed by atoms with E-state index in [0.717, 1.165) is 0 Å². The topological polar surface area (TPSA) is 36.7 Å². The third-order valence-corrected chi connectivity index (χ3v) is 3.18. The van der Waals surface area contributed by atoms with Crippen molar-refractivity contribution in [2.75, 3.05) is 0 Å². The maximum absolute atomic E-state index is 8.88. The monoisotopic (exact) mass is 230 g/mol. The van der Waals surface area contributed by atoms with Crippen LogP contribution in [0.4, 0.5) is 0 Å². The first-order valence-electron chi connectivity index (χ1n) is 6.67. The fourth-order valence-electron chi connectivity index (χ4n) is 2.14. The summed E-state index contributed by atoms with van der Waals surface area (Å²) in [4.78, 5) is 4.04. The second-order valence-electron chi connectivity index (χ2n) is 4.57. The van der Waals surface area contributed by atoms with Gasteiger partial charge in [0.05, 0.1) is 0 Å². The van der Waals surface area contributed by atoms with E-state index in [2.05, 4.69) is 31.0 Å². The van der Waals surface area contributed by atoms with Gasteiger partial charge in [-0.1, -0.05) is 39.5 Å². The summed E-state index contributed by atoms with van der Waals surface area (Å²) in [6.45, 7) is 4.45. The van der Waals surface area contributed by atoms with Gasteiger partial charge < -0.3 is 0 Å². The van der Waals surface area contributed by atoms with Crippen LogP contribution in [0.25, 0.3) is 0 Å². The molecule has 0 atom stereocenters. The number of hydrogen-bond donors (Lipinski definition) is 0. The van der Waals surface area contributed by atoms with Crippen molar-refractivity contribution in [3.05, 3.63) is 29.6 Å². The second kappa shape index (κ2) is 7.84. The van der Waals surface area contributed by atoms with Crippen LogP contribution >= 0.6 is 0 Å². The highest BCUT2D eigenvalue weighted by Crippen LogP contribution is 2.27. The van der Waals surface area contributed by atoms with Crippen LogP contribution in [-0.2, 0) is 0 Å². The Morgan fingerprint density at radius 3 is 2.41 bits per heavy atom. The van der Waals surface area contributed by atoms with E-state index >= 15 is 0 Å². The summed E-state index contributed by atoms with van der Waals surface area (Å²) in [5, 5.41) is 8.88. The van der Waals surface area contributed by atoms with Crippen molar-refractivity contribution < 1.29 is 0 Å². The van der Waals surface area contributed by atoms with Crippen LogP contribution in [0.15, 0.2) is 18.3 Å². The van der Waals surface area contributed by atoms with Gasteiger partial charge in [0, 0.05) is 6.20 Å². The Hall–Kier alpha value is -1.36. The van der Waals surface area contributed by atoms with Crippen molar-refractivity contribution in [1.29, 1.82) is 5.26 Å². The largest absolute Gasteiger partial charge is 0.246 e. The summed E-state index contributed by atoms with van der Waals surface area (Å²) in [5.74, 6) is 0.602. The molecule has 0 amide bonds. The molecule has 2 nitrogen and oxygen atoms in total. The molecule has 0 unspecified atom stereocenters. The van der Waals surface area contributed by atoms with Crippen LogP contribution in [0.2, 0.25) is 0 Å². The average Bonchev–Trinajstić information content (AvgIpc) is 2.39. The Morgan fingerprint density at radius 1 is 1.24 bits per heavy atom. The molecule has 1 heterocycles. The predicted molar refractivity (Wildman–Crippen MR) is 70.7 cm³/mol. The highest BCUT2D eigenvalue weighted by Gasteiger charge is 2.11. The van der Waals surface area contributed by atoms with Gasteiger partial charge in [-0.05, 0) is 36.5 Å². The van der Waals surface area contributed by atoms with Gasteiger partial charge in [-0.25, -0.2) is 4.98 Å². The second-order valence-corrected chi connectivity index (χ2v) is 4.57. The molecule has 1 rings (SSSR count). The van der Waals surface area contributed by atoms with E-state index in [1.54, 1.807) is 6.20 Å². The standard InChI is InChI=1S/C15H22N2/c1-3-5-7-13(8-6-4-2)14-9-10-17-15(11-14)12-16/h9-11,13H,3-8H2,1-2H3. The molecule has 0 aliphatic carbocycles. The Balaban J connectivity index is 2.75. The minimum atomic E-state index is 0.542. The third kappa shape index (κ3) is 4.56. The minimum absolute atomic E-state index is 0.542. The molecule has 17 heavy (non-hydrogen) atoms. The van der Waals surface area contributed by atoms with E-state index in [0.29, 0.717) is 11.6 Å². The molecule has 1 aromatic rings. The van der Waals surface area contributed by atoms with Gasteiger partial charge in [-0.2, -0.15) is 5.26 Å². The molecule has 0 spiro atoms. The molecular weight excluding hydrogens is 208 g/mol. The van der Waals surface area contributed by atoms with Crippen molar-refractivity contribution in [1.82, 2.24) is 4.98 Å². The zero-order valence-electron chi connectivity index (χ0n) is 10.9. The van der Waals surface area contributed by atoms with Gasteiger partial charge in [0.15, 0.2) is 0 Å². The number of hydrogen-bond acceptors (Lipinski definition) is 2. The summed E-state index contributed by atoms with van der Waals surface area (Å²) < 4.78 is 0. The lowest BCUT2D eigenvalue weighted by Gasteiger charge is -2.16. The van der Waals surface area contributed by atoms with Gasteiger partial charge >= 0.3 is 0 Å². The predicted octanol–water partition coefficient (Wildman–Crippen LogP) is 4.42. The lowest BCUT2D eigenvalue weighted by molar-refractivity contribution is 0.524. The van der Waals surface area contributed by atoms with Gasteiger partial charge in [0.2, 0.25) is 0 Å². The maximum atomic E-state index is 8.88. The number of pyridine rings is 1. The van der Waals surface area contributed by atoms with Crippen LogP contribution in [0.1, 0.15) is 69.5 Å².